The minimum absolute atomic E-state index is 0.198. The molecule has 1 fully saturated rings. The molecule has 2 heteroatoms. The van der Waals surface area contributed by atoms with Crippen LogP contribution in [0.25, 0.3) is 0 Å². The standard InChI is InChI=1S/C12H22O2/c1-9(2)7-12(13)5-6-14-11(8-12)10(3)4/h7,10-11,13H,5-6,8H2,1-4H3. The molecule has 0 radical (unpaired) electrons. The number of hydrogen-bond donors (Lipinski definition) is 1. The lowest BCUT2D eigenvalue weighted by atomic mass is 9.85. The van der Waals surface area contributed by atoms with Crippen LogP contribution in [0.4, 0.5) is 0 Å². The van der Waals surface area contributed by atoms with Crippen LogP contribution in [-0.4, -0.2) is 23.4 Å². The first-order chi connectivity index (χ1) is 6.43. The molecule has 1 saturated heterocycles. The Labute approximate surface area is 87.0 Å². The van der Waals surface area contributed by atoms with Crippen LogP contribution < -0.4 is 0 Å². The van der Waals surface area contributed by atoms with Gasteiger partial charge in [-0.15, -0.1) is 0 Å². The Bertz CT molecular complexity index is 216. The highest BCUT2D eigenvalue weighted by atomic mass is 16.5. The molecule has 0 bridgehead atoms. The minimum atomic E-state index is -0.633. The molecular formula is C12H22O2. The van der Waals surface area contributed by atoms with Crippen LogP contribution in [0.5, 0.6) is 0 Å². The summed E-state index contributed by atoms with van der Waals surface area (Å²) in [5, 5.41) is 10.3. The van der Waals surface area contributed by atoms with Crippen LogP contribution in [0, 0.1) is 5.92 Å². The van der Waals surface area contributed by atoms with Gasteiger partial charge in [-0.25, -0.2) is 0 Å². The van der Waals surface area contributed by atoms with Gasteiger partial charge in [0.1, 0.15) is 0 Å². The van der Waals surface area contributed by atoms with Gasteiger partial charge < -0.3 is 9.84 Å². The van der Waals surface area contributed by atoms with Crippen molar-refractivity contribution in [1.82, 2.24) is 0 Å². The fraction of sp³-hybridized carbons (Fsp3) is 0.833. The highest BCUT2D eigenvalue weighted by Gasteiger charge is 2.34. The first-order valence-corrected chi connectivity index (χ1v) is 5.43. The van der Waals surface area contributed by atoms with Crippen molar-refractivity contribution in [1.29, 1.82) is 0 Å². The lowest BCUT2D eigenvalue weighted by Gasteiger charge is -2.37. The summed E-state index contributed by atoms with van der Waals surface area (Å²) in [6.45, 7) is 9.00. The van der Waals surface area contributed by atoms with E-state index in [1.807, 2.05) is 19.9 Å². The number of rotatable bonds is 2. The maximum atomic E-state index is 10.3. The quantitative estimate of drug-likeness (QED) is 0.691. The molecule has 2 atom stereocenters. The Morgan fingerprint density at radius 1 is 1.50 bits per heavy atom. The summed E-state index contributed by atoms with van der Waals surface area (Å²) in [5.74, 6) is 0.479. The highest BCUT2D eigenvalue weighted by Crippen LogP contribution is 2.30. The molecule has 82 valence electrons. The molecule has 0 aromatic carbocycles. The summed E-state index contributed by atoms with van der Waals surface area (Å²) in [5.41, 5.74) is 0.545. The van der Waals surface area contributed by atoms with Crippen molar-refractivity contribution in [3.8, 4) is 0 Å². The van der Waals surface area contributed by atoms with E-state index in [0.717, 1.165) is 12.8 Å². The predicted molar refractivity (Wildman–Crippen MR) is 58.2 cm³/mol. The van der Waals surface area contributed by atoms with Gasteiger partial charge in [0.2, 0.25) is 0 Å². The van der Waals surface area contributed by atoms with Gasteiger partial charge >= 0.3 is 0 Å². The molecule has 1 aliphatic heterocycles. The third kappa shape index (κ3) is 3.10. The molecule has 0 amide bonds. The van der Waals surface area contributed by atoms with E-state index < -0.39 is 5.60 Å². The summed E-state index contributed by atoms with van der Waals surface area (Å²) in [6.07, 6.45) is 3.63. The molecule has 1 rings (SSSR count). The molecular weight excluding hydrogens is 176 g/mol. The molecule has 1 heterocycles. The lowest BCUT2D eigenvalue weighted by Crippen LogP contribution is -2.41. The van der Waals surface area contributed by atoms with E-state index in [4.69, 9.17) is 4.74 Å². The van der Waals surface area contributed by atoms with Gasteiger partial charge in [-0.2, -0.15) is 0 Å². The number of ether oxygens (including phenoxy) is 1. The van der Waals surface area contributed by atoms with Crippen molar-refractivity contribution in [2.24, 2.45) is 5.92 Å². The fourth-order valence-corrected chi connectivity index (χ4v) is 1.99. The fourth-order valence-electron chi connectivity index (χ4n) is 1.99. The summed E-state index contributed by atoms with van der Waals surface area (Å²) in [6, 6.07) is 0. The van der Waals surface area contributed by atoms with Crippen molar-refractivity contribution >= 4 is 0 Å². The van der Waals surface area contributed by atoms with E-state index in [0.29, 0.717) is 12.5 Å². The van der Waals surface area contributed by atoms with E-state index in [-0.39, 0.29) is 6.10 Å². The SMILES string of the molecule is CC(C)=CC1(O)CCOC(C(C)C)C1. The molecule has 2 unspecified atom stereocenters. The van der Waals surface area contributed by atoms with E-state index in [2.05, 4.69) is 13.8 Å². The smallest absolute Gasteiger partial charge is 0.0876 e. The minimum Gasteiger partial charge on any atom is -0.386 e. The van der Waals surface area contributed by atoms with Gasteiger partial charge in [-0.05, 0) is 19.8 Å². The zero-order valence-corrected chi connectivity index (χ0v) is 9.71. The number of allylic oxidation sites excluding steroid dienone is 1. The highest BCUT2D eigenvalue weighted by molar-refractivity contribution is 5.08. The van der Waals surface area contributed by atoms with Gasteiger partial charge in [0.05, 0.1) is 18.3 Å². The Kier molecular flexibility index (Phi) is 3.73. The van der Waals surface area contributed by atoms with Crippen LogP contribution in [0.1, 0.15) is 40.5 Å². The number of hydrogen-bond acceptors (Lipinski definition) is 2. The van der Waals surface area contributed by atoms with Gasteiger partial charge in [0.25, 0.3) is 0 Å². The lowest BCUT2D eigenvalue weighted by molar-refractivity contribution is -0.0948. The van der Waals surface area contributed by atoms with Crippen LogP contribution >= 0.6 is 0 Å². The monoisotopic (exact) mass is 198 g/mol. The Hall–Kier alpha value is -0.340. The molecule has 0 aromatic rings. The third-order valence-corrected chi connectivity index (χ3v) is 2.72. The zero-order chi connectivity index (χ0) is 10.8. The molecule has 0 saturated carbocycles. The first-order valence-electron chi connectivity index (χ1n) is 5.43. The topological polar surface area (TPSA) is 29.5 Å². The van der Waals surface area contributed by atoms with E-state index >= 15 is 0 Å². The molecule has 1 N–H and O–H groups in total. The molecule has 2 nitrogen and oxygen atoms in total. The Morgan fingerprint density at radius 3 is 2.64 bits per heavy atom. The maximum absolute atomic E-state index is 10.3. The second kappa shape index (κ2) is 4.45. The van der Waals surface area contributed by atoms with Crippen molar-refractivity contribution in [2.45, 2.75) is 52.2 Å². The predicted octanol–water partition coefficient (Wildman–Crippen LogP) is 2.52. The number of aliphatic hydroxyl groups is 1. The molecule has 1 aliphatic rings. The summed E-state index contributed by atoms with van der Waals surface area (Å²) in [4.78, 5) is 0. The molecule has 0 aliphatic carbocycles. The normalized spacial score (nSPS) is 33.1. The largest absolute Gasteiger partial charge is 0.386 e. The second-order valence-electron chi connectivity index (χ2n) is 4.93. The van der Waals surface area contributed by atoms with Crippen molar-refractivity contribution in [2.75, 3.05) is 6.61 Å². The Morgan fingerprint density at radius 2 is 2.14 bits per heavy atom. The summed E-state index contributed by atoms with van der Waals surface area (Å²) >= 11 is 0. The van der Waals surface area contributed by atoms with Gasteiger partial charge in [0, 0.05) is 12.8 Å². The third-order valence-electron chi connectivity index (χ3n) is 2.72. The van der Waals surface area contributed by atoms with Gasteiger partial charge in [-0.3, -0.25) is 0 Å². The second-order valence-corrected chi connectivity index (χ2v) is 4.93. The van der Waals surface area contributed by atoms with Crippen LogP contribution in [0.2, 0.25) is 0 Å². The average Bonchev–Trinajstić information content (AvgIpc) is 2.01. The molecule has 0 aromatic heterocycles. The molecule has 14 heavy (non-hydrogen) atoms. The average molecular weight is 198 g/mol. The van der Waals surface area contributed by atoms with E-state index in [1.165, 1.54) is 5.57 Å². The summed E-state index contributed by atoms with van der Waals surface area (Å²) < 4.78 is 5.63. The summed E-state index contributed by atoms with van der Waals surface area (Å²) in [7, 11) is 0. The molecule has 0 spiro atoms. The van der Waals surface area contributed by atoms with Gasteiger partial charge in [-0.1, -0.05) is 25.5 Å². The van der Waals surface area contributed by atoms with E-state index in [9.17, 15) is 5.11 Å². The van der Waals surface area contributed by atoms with Crippen LogP contribution in [0.15, 0.2) is 11.6 Å². The van der Waals surface area contributed by atoms with Crippen LogP contribution in [-0.2, 0) is 4.74 Å². The van der Waals surface area contributed by atoms with Crippen molar-refractivity contribution in [3.05, 3.63) is 11.6 Å². The van der Waals surface area contributed by atoms with Crippen molar-refractivity contribution < 1.29 is 9.84 Å². The maximum Gasteiger partial charge on any atom is 0.0876 e. The van der Waals surface area contributed by atoms with Crippen molar-refractivity contribution in [3.63, 3.8) is 0 Å². The van der Waals surface area contributed by atoms with Crippen LogP contribution in [0.3, 0.4) is 0 Å². The Balaban J connectivity index is 2.67. The first kappa shape index (κ1) is 11.7. The zero-order valence-electron chi connectivity index (χ0n) is 9.71. The van der Waals surface area contributed by atoms with E-state index in [1.54, 1.807) is 0 Å². The van der Waals surface area contributed by atoms with Gasteiger partial charge in [0.15, 0.2) is 0 Å².